The Balaban J connectivity index is 1.95. The Labute approximate surface area is 155 Å². The average Bonchev–Trinajstić information content (AvgIpc) is 3.02. The maximum absolute atomic E-state index is 12.4. The summed E-state index contributed by atoms with van der Waals surface area (Å²) in [7, 11) is 1.36. The second kappa shape index (κ2) is 6.96. The number of carbonyl (C=O) groups excluding carboxylic acids is 1. The van der Waals surface area contributed by atoms with Crippen LogP contribution in [0.3, 0.4) is 0 Å². The van der Waals surface area contributed by atoms with Crippen LogP contribution in [-0.4, -0.2) is 27.8 Å². The highest BCUT2D eigenvalue weighted by atomic mass is 32.1. The van der Waals surface area contributed by atoms with Crippen molar-refractivity contribution in [3.8, 4) is 5.75 Å². The smallest absolute Gasteiger partial charge is 0.274 e. The molecular formula is C16H12N4O6S. The molecule has 3 rings (SSSR count). The molecule has 1 aromatic heterocycles. The molecular weight excluding hydrogens is 376 g/mol. The van der Waals surface area contributed by atoms with E-state index in [4.69, 9.17) is 4.74 Å². The third kappa shape index (κ3) is 3.53. The van der Waals surface area contributed by atoms with E-state index in [9.17, 15) is 25.0 Å². The summed E-state index contributed by atoms with van der Waals surface area (Å²) >= 11 is 1.03. The number of methoxy groups -OCH3 is 1. The highest BCUT2D eigenvalue weighted by Crippen LogP contribution is 2.36. The van der Waals surface area contributed by atoms with Gasteiger partial charge in [-0.05, 0) is 13.0 Å². The minimum atomic E-state index is -0.578. The standard InChI is InChI=1S/C16H12N4O6S/c1-8-3-4-9(5-11(8)20(24)25)15(21)18-16-17-14-12(26-2)6-10(19(22)23)7-13(14)27-16/h3-7H,1-2H3,(H,17,18,21). The second-order valence-electron chi connectivity index (χ2n) is 5.48. The number of carbonyl (C=O) groups is 1. The van der Waals surface area contributed by atoms with Gasteiger partial charge in [-0.3, -0.25) is 30.3 Å². The van der Waals surface area contributed by atoms with Crippen LogP contribution in [0, 0.1) is 27.2 Å². The van der Waals surface area contributed by atoms with Gasteiger partial charge in [0.25, 0.3) is 17.3 Å². The molecule has 10 nitrogen and oxygen atoms in total. The number of hydrogen-bond donors (Lipinski definition) is 1. The van der Waals surface area contributed by atoms with Crippen LogP contribution in [-0.2, 0) is 0 Å². The monoisotopic (exact) mass is 388 g/mol. The molecule has 0 saturated carbocycles. The fourth-order valence-electron chi connectivity index (χ4n) is 2.42. The van der Waals surface area contributed by atoms with Gasteiger partial charge in [-0.15, -0.1) is 0 Å². The van der Waals surface area contributed by atoms with E-state index in [0.717, 1.165) is 11.3 Å². The van der Waals surface area contributed by atoms with Crippen LogP contribution in [0.2, 0.25) is 0 Å². The number of nitrogens with zero attached hydrogens (tertiary/aromatic N) is 3. The fraction of sp³-hybridized carbons (Fsp3) is 0.125. The van der Waals surface area contributed by atoms with Crippen LogP contribution in [0.1, 0.15) is 15.9 Å². The summed E-state index contributed by atoms with van der Waals surface area (Å²) in [6.45, 7) is 1.58. The van der Waals surface area contributed by atoms with E-state index in [-0.39, 0.29) is 27.8 Å². The summed E-state index contributed by atoms with van der Waals surface area (Å²) in [6, 6.07) is 6.72. The van der Waals surface area contributed by atoms with E-state index in [1.807, 2.05) is 0 Å². The Morgan fingerprint density at radius 1 is 1.19 bits per heavy atom. The Bertz CT molecular complexity index is 1090. The molecule has 0 aliphatic heterocycles. The number of non-ortho nitro benzene ring substituents is 1. The number of aromatic nitrogens is 1. The molecule has 0 atom stereocenters. The largest absolute Gasteiger partial charge is 0.494 e. The van der Waals surface area contributed by atoms with Crippen molar-refractivity contribution in [2.24, 2.45) is 0 Å². The molecule has 138 valence electrons. The number of fused-ring (bicyclic) bond motifs is 1. The number of benzene rings is 2. The predicted octanol–water partition coefficient (Wildman–Crippen LogP) is 3.68. The quantitative estimate of drug-likeness (QED) is 0.519. The molecule has 0 unspecified atom stereocenters. The number of amides is 1. The van der Waals surface area contributed by atoms with Crippen molar-refractivity contribution < 1.29 is 19.4 Å². The number of rotatable bonds is 5. The summed E-state index contributed by atoms with van der Waals surface area (Å²) in [6.07, 6.45) is 0. The van der Waals surface area contributed by atoms with Gasteiger partial charge in [0.2, 0.25) is 0 Å². The molecule has 0 radical (unpaired) electrons. The van der Waals surface area contributed by atoms with Gasteiger partial charge in [0, 0.05) is 23.3 Å². The molecule has 0 bridgehead atoms. The van der Waals surface area contributed by atoms with Gasteiger partial charge in [-0.25, -0.2) is 4.98 Å². The van der Waals surface area contributed by atoms with Gasteiger partial charge in [0.1, 0.15) is 5.52 Å². The molecule has 2 aromatic carbocycles. The molecule has 0 saturated heterocycles. The summed E-state index contributed by atoms with van der Waals surface area (Å²) < 4.78 is 5.59. The zero-order chi connectivity index (χ0) is 19.7. The van der Waals surface area contributed by atoms with Crippen molar-refractivity contribution in [3.63, 3.8) is 0 Å². The first-order valence-electron chi connectivity index (χ1n) is 7.49. The molecule has 27 heavy (non-hydrogen) atoms. The number of nitro groups is 2. The van der Waals surface area contributed by atoms with E-state index in [1.165, 1.54) is 37.4 Å². The first-order chi connectivity index (χ1) is 12.8. The topological polar surface area (TPSA) is 138 Å². The van der Waals surface area contributed by atoms with Crippen LogP contribution >= 0.6 is 11.3 Å². The molecule has 1 amide bonds. The summed E-state index contributed by atoms with van der Waals surface area (Å²) in [4.78, 5) is 37.5. The number of nitrogens with one attached hydrogen (secondary N) is 1. The van der Waals surface area contributed by atoms with Crippen LogP contribution < -0.4 is 10.1 Å². The Morgan fingerprint density at radius 2 is 1.93 bits per heavy atom. The third-order valence-electron chi connectivity index (χ3n) is 3.76. The van der Waals surface area contributed by atoms with Crippen molar-refractivity contribution in [1.82, 2.24) is 4.98 Å². The Kier molecular flexibility index (Phi) is 4.69. The lowest BCUT2D eigenvalue weighted by molar-refractivity contribution is -0.385. The fourth-order valence-corrected chi connectivity index (χ4v) is 3.33. The van der Waals surface area contributed by atoms with Gasteiger partial charge in [0.05, 0.1) is 27.7 Å². The number of ether oxygens (including phenoxy) is 1. The van der Waals surface area contributed by atoms with Gasteiger partial charge >= 0.3 is 0 Å². The summed E-state index contributed by atoms with van der Waals surface area (Å²) in [5.41, 5.74) is 0.593. The number of anilines is 1. The van der Waals surface area contributed by atoms with Crippen LogP contribution in [0.5, 0.6) is 5.75 Å². The van der Waals surface area contributed by atoms with Crippen LogP contribution in [0.15, 0.2) is 30.3 Å². The lowest BCUT2D eigenvalue weighted by atomic mass is 10.1. The predicted molar refractivity (Wildman–Crippen MR) is 98.6 cm³/mol. The van der Waals surface area contributed by atoms with E-state index in [2.05, 4.69) is 10.3 Å². The van der Waals surface area contributed by atoms with Crippen molar-refractivity contribution >= 4 is 44.0 Å². The highest BCUT2D eigenvalue weighted by molar-refractivity contribution is 7.22. The Morgan fingerprint density at radius 3 is 2.56 bits per heavy atom. The van der Waals surface area contributed by atoms with E-state index < -0.39 is 15.8 Å². The molecule has 0 fully saturated rings. The van der Waals surface area contributed by atoms with Gasteiger partial charge in [-0.2, -0.15) is 0 Å². The molecule has 0 spiro atoms. The van der Waals surface area contributed by atoms with E-state index in [1.54, 1.807) is 6.92 Å². The summed E-state index contributed by atoms with van der Waals surface area (Å²) in [5, 5.41) is 24.8. The lowest BCUT2D eigenvalue weighted by Crippen LogP contribution is -2.12. The number of aryl methyl sites for hydroxylation is 1. The van der Waals surface area contributed by atoms with E-state index in [0.29, 0.717) is 15.8 Å². The highest BCUT2D eigenvalue weighted by Gasteiger charge is 2.19. The molecule has 0 aliphatic carbocycles. The van der Waals surface area contributed by atoms with Crippen molar-refractivity contribution in [1.29, 1.82) is 0 Å². The number of hydrogen-bond acceptors (Lipinski definition) is 8. The van der Waals surface area contributed by atoms with Crippen LogP contribution in [0.25, 0.3) is 10.2 Å². The minimum Gasteiger partial charge on any atom is -0.494 e. The minimum absolute atomic E-state index is 0.101. The first kappa shape index (κ1) is 18.2. The van der Waals surface area contributed by atoms with Crippen molar-refractivity contribution in [3.05, 3.63) is 61.7 Å². The zero-order valence-corrected chi connectivity index (χ0v) is 14.9. The van der Waals surface area contributed by atoms with Gasteiger partial charge < -0.3 is 4.74 Å². The Hall–Kier alpha value is -3.60. The molecule has 11 heteroatoms. The average molecular weight is 388 g/mol. The normalized spacial score (nSPS) is 10.6. The zero-order valence-electron chi connectivity index (χ0n) is 14.1. The van der Waals surface area contributed by atoms with Crippen molar-refractivity contribution in [2.45, 2.75) is 6.92 Å². The van der Waals surface area contributed by atoms with E-state index >= 15 is 0 Å². The number of thiazole rings is 1. The summed E-state index contributed by atoms with van der Waals surface area (Å²) in [5.74, 6) is -0.368. The van der Waals surface area contributed by atoms with Crippen LogP contribution in [0.4, 0.5) is 16.5 Å². The second-order valence-corrected chi connectivity index (χ2v) is 6.51. The molecule has 1 N–H and O–H groups in total. The SMILES string of the molecule is COc1cc([N+](=O)[O-])cc2sc(NC(=O)c3ccc(C)c([N+](=O)[O-])c3)nc12. The lowest BCUT2D eigenvalue weighted by Gasteiger charge is -2.03. The maximum Gasteiger partial charge on any atom is 0.274 e. The first-order valence-corrected chi connectivity index (χ1v) is 8.31. The van der Waals surface area contributed by atoms with Gasteiger partial charge in [-0.1, -0.05) is 17.4 Å². The maximum atomic E-state index is 12.4. The number of nitro benzene ring substituents is 2. The molecule has 0 aliphatic rings. The molecule has 3 aromatic rings. The van der Waals surface area contributed by atoms with Gasteiger partial charge in [0.15, 0.2) is 10.9 Å². The third-order valence-corrected chi connectivity index (χ3v) is 4.68. The molecule has 1 heterocycles. The van der Waals surface area contributed by atoms with Crippen molar-refractivity contribution in [2.75, 3.05) is 12.4 Å².